The standard InChI is InChI=1S/C23H29N/c1-23(18-10-3-2-4-11-18)16-24-15-17-9-5-6-12-19(17)22(24)20-13-7-8-14-21(20)23/h2-4,6,10-12,20-22H,5,7-9,13-16H2,1H3. The molecule has 24 heavy (non-hydrogen) atoms. The van der Waals surface area contributed by atoms with E-state index in [1.165, 1.54) is 51.6 Å². The fraction of sp³-hybridized carbons (Fsp3) is 0.565. The Bertz CT molecular complexity index is 685. The maximum absolute atomic E-state index is 2.85. The van der Waals surface area contributed by atoms with Crippen molar-refractivity contribution in [2.24, 2.45) is 11.8 Å². The number of nitrogens with zero attached hydrogens (tertiary/aromatic N) is 1. The van der Waals surface area contributed by atoms with Gasteiger partial charge < -0.3 is 0 Å². The van der Waals surface area contributed by atoms with Crippen LogP contribution < -0.4 is 0 Å². The van der Waals surface area contributed by atoms with Gasteiger partial charge in [0.05, 0.1) is 0 Å². The van der Waals surface area contributed by atoms with E-state index in [4.69, 9.17) is 0 Å². The van der Waals surface area contributed by atoms with Crippen molar-refractivity contribution in [1.82, 2.24) is 4.90 Å². The normalized spacial score (nSPS) is 38.6. The Morgan fingerprint density at radius 3 is 2.79 bits per heavy atom. The van der Waals surface area contributed by atoms with Crippen LogP contribution in [0.4, 0.5) is 0 Å². The summed E-state index contributed by atoms with van der Waals surface area (Å²) in [6.07, 6.45) is 13.2. The molecule has 0 bridgehead atoms. The summed E-state index contributed by atoms with van der Waals surface area (Å²) in [5.41, 5.74) is 5.36. The lowest BCUT2D eigenvalue weighted by molar-refractivity contribution is -0.00335. The van der Waals surface area contributed by atoms with Crippen molar-refractivity contribution < 1.29 is 0 Å². The summed E-state index contributed by atoms with van der Waals surface area (Å²) in [7, 11) is 0. The van der Waals surface area contributed by atoms with Crippen molar-refractivity contribution in [3.8, 4) is 0 Å². The van der Waals surface area contributed by atoms with Crippen molar-refractivity contribution in [1.29, 1.82) is 0 Å². The van der Waals surface area contributed by atoms with Crippen LogP contribution in [-0.2, 0) is 5.41 Å². The summed E-state index contributed by atoms with van der Waals surface area (Å²) < 4.78 is 0. The lowest BCUT2D eigenvalue weighted by Crippen LogP contribution is -2.59. The smallest absolute Gasteiger partial charge is 0.0382 e. The van der Waals surface area contributed by atoms with Crippen LogP contribution >= 0.6 is 0 Å². The van der Waals surface area contributed by atoms with E-state index in [0.717, 1.165) is 17.9 Å². The van der Waals surface area contributed by atoms with E-state index in [0.29, 0.717) is 5.41 Å². The molecule has 4 atom stereocenters. The SMILES string of the molecule is CC1(c2ccccc2)CN2CC3=C(C=CCC3)C2C2CCCCC21. The molecule has 1 saturated carbocycles. The second-order valence-corrected chi connectivity index (χ2v) is 8.69. The average molecular weight is 319 g/mol. The number of allylic oxidation sites excluding steroid dienone is 1. The Labute approximate surface area is 146 Å². The Kier molecular flexibility index (Phi) is 3.49. The van der Waals surface area contributed by atoms with Gasteiger partial charge in [0.25, 0.3) is 0 Å². The Morgan fingerprint density at radius 2 is 1.92 bits per heavy atom. The molecule has 126 valence electrons. The van der Waals surface area contributed by atoms with E-state index in [-0.39, 0.29) is 0 Å². The third-order valence-corrected chi connectivity index (χ3v) is 7.43. The Morgan fingerprint density at radius 1 is 1.08 bits per heavy atom. The van der Waals surface area contributed by atoms with Crippen LogP contribution in [0.5, 0.6) is 0 Å². The van der Waals surface area contributed by atoms with Crippen LogP contribution in [0.1, 0.15) is 51.0 Å². The van der Waals surface area contributed by atoms with E-state index < -0.39 is 0 Å². The van der Waals surface area contributed by atoms with Gasteiger partial charge in [0.1, 0.15) is 0 Å². The van der Waals surface area contributed by atoms with Gasteiger partial charge in [0.2, 0.25) is 0 Å². The summed E-state index contributed by atoms with van der Waals surface area (Å²) >= 11 is 0. The fourth-order valence-electron chi connectivity index (χ4n) is 6.40. The quantitative estimate of drug-likeness (QED) is 0.696. The summed E-state index contributed by atoms with van der Waals surface area (Å²) in [5.74, 6) is 1.70. The molecule has 1 saturated heterocycles. The molecule has 0 radical (unpaired) electrons. The van der Waals surface area contributed by atoms with Crippen LogP contribution in [0.2, 0.25) is 0 Å². The van der Waals surface area contributed by atoms with Crippen LogP contribution in [0.15, 0.2) is 53.6 Å². The summed E-state index contributed by atoms with van der Waals surface area (Å²) in [6, 6.07) is 12.1. The minimum atomic E-state index is 0.321. The van der Waals surface area contributed by atoms with Crippen LogP contribution in [0.3, 0.4) is 0 Å². The van der Waals surface area contributed by atoms with E-state index in [1.807, 2.05) is 0 Å². The zero-order valence-corrected chi connectivity index (χ0v) is 14.9. The molecule has 0 N–H and O–H groups in total. The van der Waals surface area contributed by atoms with E-state index in [9.17, 15) is 0 Å². The number of rotatable bonds is 1. The van der Waals surface area contributed by atoms with Gasteiger partial charge in [-0.25, -0.2) is 0 Å². The first-order valence-electron chi connectivity index (χ1n) is 9.95. The third-order valence-electron chi connectivity index (χ3n) is 7.43. The largest absolute Gasteiger partial charge is 0.291 e. The molecule has 2 fully saturated rings. The zero-order valence-electron chi connectivity index (χ0n) is 14.9. The number of piperidine rings is 1. The first-order chi connectivity index (χ1) is 11.8. The highest BCUT2D eigenvalue weighted by atomic mass is 15.2. The van der Waals surface area contributed by atoms with Gasteiger partial charge in [-0.3, -0.25) is 4.90 Å². The summed E-state index contributed by atoms with van der Waals surface area (Å²) in [5, 5.41) is 0. The number of benzene rings is 1. The molecule has 4 aliphatic rings. The van der Waals surface area contributed by atoms with Gasteiger partial charge in [-0.15, -0.1) is 0 Å². The molecule has 5 rings (SSSR count). The van der Waals surface area contributed by atoms with Gasteiger partial charge >= 0.3 is 0 Å². The van der Waals surface area contributed by atoms with Gasteiger partial charge in [-0.2, -0.15) is 0 Å². The molecular weight excluding hydrogens is 290 g/mol. The van der Waals surface area contributed by atoms with Crippen LogP contribution in [-0.4, -0.2) is 24.0 Å². The maximum atomic E-state index is 2.85. The molecule has 1 heteroatoms. The molecule has 1 aromatic rings. The molecule has 2 aliphatic heterocycles. The minimum absolute atomic E-state index is 0.321. The molecule has 1 aromatic carbocycles. The Balaban J connectivity index is 1.57. The predicted molar refractivity (Wildman–Crippen MR) is 100 cm³/mol. The molecule has 0 amide bonds. The van der Waals surface area contributed by atoms with Crippen molar-refractivity contribution >= 4 is 0 Å². The Hall–Kier alpha value is -1.34. The fourth-order valence-corrected chi connectivity index (χ4v) is 6.40. The maximum Gasteiger partial charge on any atom is 0.0382 e. The minimum Gasteiger partial charge on any atom is -0.291 e. The summed E-state index contributed by atoms with van der Waals surface area (Å²) in [4.78, 5) is 2.85. The highest BCUT2D eigenvalue weighted by Crippen LogP contribution is 2.54. The second kappa shape index (κ2) is 5.59. The highest BCUT2D eigenvalue weighted by Gasteiger charge is 2.53. The lowest BCUT2D eigenvalue weighted by atomic mass is 9.57. The van der Waals surface area contributed by atoms with Crippen LogP contribution in [0, 0.1) is 11.8 Å². The number of hydrogen-bond donors (Lipinski definition) is 0. The van der Waals surface area contributed by atoms with Gasteiger partial charge in [0, 0.05) is 24.5 Å². The summed E-state index contributed by atoms with van der Waals surface area (Å²) in [6.45, 7) is 5.04. The first kappa shape index (κ1) is 15.0. The van der Waals surface area contributed by atoms with Gasteiger partial charge in [-0.05, 0) is 48.7 Å². The number of hydrogen-bond acceptors (Lipinski definition) is 1. The molecule has 4 unspecified atom stereocenters. The van der Waals surface area contributed by atoms with Crippen molar-refractivity contribution in [3.05, 3.63) is 59.2 Å². The number of fused-ring (bicyclic) bond motifs is 4. The molecule has 1 nitrogen and oxygen atoms in total. The second-order valence-electron chi connectivity index (χ2n) is 8.69. The van der Waals surface area contributed by atoms with Crippen molar-refractivity contribution in [2.45, 2.75) is 56.9 Å². The van der Waals surface area contributed by atoms with E-state index in [2.05, 4.69) is 54.3 Å². The van der Waals surface area contributed by atoms with Crippen molar-refractivity contribution in [3.63, 3.8) is 0 Å². The van der Waals surface area contributed by atoms with Gasteiger partial charge in [0.15, 0.2) is 0 Å². The molecular formula is C23H29N. The first-order valence-corrected chi connectivity index (χ1v) is 9.95. The van der Waals surface area contributed by atoms with E-state index in [1.54, 1.807) is 16.7 Å². The zero-order chi connectivity index (χ0) is 16.1. The van der Waals surface area contributed by atoms with Crippen molar-refractivity contribution in [2.75, 3.05) is 13.1 Å². The van der Waals surface area contributed by atoms with Gasteiger partial charge in [-0.1, -0.05) is 67.8 Å². The molecule has 0 aromatic heterocycles. The average Bonchev–Trinajstić information content (AvgIpc) is 3.00. The highest BCUT2D eigenvalue weighted by molar-refractivity contribution is 5.42. The predicted octanol–water partition coefficient (Wildman–Crippen LogP) is 5.10. The molecule has 0 spiro atoms. The lowest BCUT2D eigenvalue weighted by Gasteiger charge is -2.55. The van der Waals surface area contributed by atoms with Crippen LogP contribution in [0.25, 0.3) is 0 Å². The molecule has 2 aliphatic carbocycles. The van der Waals surface area contributed by atoms with E-state index >= 15 is 0 Å². The third kappa shape index (κ3) is 2.10. The molecule has 2 heterocycles. The topological polar surface area (TPSA) is 3.24 Å². The monoisotopic (exact) mass is 319 g/mol.